The van der Waals surface area contributed by atoms with E-state index in [1.54, 1.807) is 19.1 Å². The van der Waals surface area contributed by atoms with Crippen molar-refractivity contribution in [3.63, 3.8) is 0 Å². The largest absolute Gasteiger partial charge is 0.356 e. The van der Waals surface area contributed by atoms with Crippen molar-refractivity contribution in [3.05, 3.63) is 27.1 Å². The second-order valence-corrected chi connectivity index (χ2v) is 7.18. The summed E-state index contributed by atoms with van der Waals surface area (Å²) in [5.74, 6) is -0.180. The average Bonchev–Trinajstić information content (AvgIpc) is 2.28. The molecule has 2 N–H and O–H groups in total. The summed E-state index contributed by atoms with van der Waals surface area (Å²) >= 11 is 6.45. The van der Waals surface area contributed by atoms with Gasteiger partial charge < -0.3 is 5.32 Å². The topological polar surface area (TPSA) is 75.3 Å². The van der Waals surface area contributed by atoms with Crippen LogP contribution in [0.3, 0.4) is 0 Å². The molecule has 0 saturated carbocycles. The van der Waals surface area contributed by atoms with Gasteiger partial charge in [0.05, 0.1) is 4.90 Å². The standard InChI is InChI=1S/C11H14Br2N2O3S/c1-2-14-11(16)5-6-15-19(17,18)10-4-3-8(12)7-9(10)13/h3-4,7,15H,2,5-6H2,1H3,(H,14,16). The molecule has 0 unspecified atom stereocenters. The lowest BCUT2D eigenvalue weighted by atomic mass is 10.4. The van der Waals surface area contributed by atoms with Crippen molar-refractivity contribution in [2.24, 2.45) is 0 Å². The SMILES string of the molecule is CCNC(=O)CCNS(=O)(=O)c1ccc(Br)cc1Br. The highest BCUT2D eigenvalue weighted by Gasteiger charge is 2.17. The molecule has 106 valence electrons. The average molecular weight is 414 g/mol. The van der Waals surface area contributed by atoms with E-state index in [-0.39, 0.29) is 23.8 Å². The van der Waals surface area contributed by atoms with Crippen LogP contribution in [0.4, 0.5) is 0 Å². The Morgan fingerprint density at radius 1 is 1.32 bits per heavy atom. The van der Waals surface area contributed by atoms with Gasteiger partial charge in [-0.25, -0.2) is 13.1 Å². The molecule has 0 aliphatic heterocycles. The monoisotopic (exact) mass is 412 g/mol. The summed E-state index contributed by atoms with van der Waals surface area (Å²) in [6.45, 7) is 2.40. The number of carbonyl (C=O) groups excluding carboxylic acids is 1. The molecular formula is C11H14Br2N2O3S. The number of halogens is 2. The van der Waals surface area contributed by atoms with E-state index in [1.165, 1.54) is 6.07 Å². The van der Waals surface area contributed by atoms with E-state index in [4.69, 9.17) is 0 Å². The van der Waals surface area contributed by atoms with Crippen LogP contribution in [-0.4, -0.2) is 27.4 Å². The number of carbonyl (C=O) groups is 1. The van der Waals surface area contributed by atoms with Crippen LogP contribution in [0.1, 0.15) is 13.3 Å². The predicted octanol–water partition coefficient (Wildman–Crippen LogP) is 2.02. The first kappa shape index (κ1) is 16.6. The Labute approximate surface area is 129 Å². The van der Waals surface area contributed by atoms with E-state index in [9.17, 15) is 13.2 Å². The van der Waals surface area contributed by atoms with E-state index in [0.717, 1.165) is 4.47 Å². The summed E-state index contributed by atoms with van der Waals surface area (Å²) in [4.78, 5) is 11.4. The molecule has 0 aromatic heterocycles. The Bertz CT molecular complexity index is 561. The Morgan fingerprint density at radius 2 is 2.00 bits per heavy atom. The van der Waals surface area contributed by atoms with Gasteiger partial charge in [0.1, 0.15) is 0 Å². The third-order valence-corrected chi connectivity index (χ3v) is 5.13. The number of hydrogen-bond donors (Lipinski definition) is 2. The van der Waals surface area contributed by atoms with Crippen molar-refractivity contribution < 1.29 is 13.2 Å². The van der Waals surface area contributed by atoms with Gasteiger partial charge in [-0.1, -0.05) is 15.9 Å². The van der Waals surface area contributed by atoms with Crippen molar-refractivity contribution in [3.8, 4) is 0 Å². The number of benzene rings is 1. The molecular weight excluding hydrogens is 400 g/mol. The zero-order valence-electron chi connectivity index (χ0n) is 10.2. The van der Waals surface area contributed by atoms with E-state index >= 15 is 0 Å². The van der Waals surface area contributed by atoms with Crippen LogP contribution in [0.15, 0.2) is 32.0 Å². The van der Waals surface area contributed by atoms with E-state index < -0.39 is 10.0 Å². The Hall–Kier alpha value is -0.440. The fraction of sp³-hybridized carbons (Fsp3) is 0.364. The first-order valence-electron chi connectivity index (χ1n) is 5.58. The molecule has 0 aliphatic carbocycles. The first-order chi connectivity index (χ1) is 8.86. The molecule has 0 atom stereocenters. The molecule has 5 nitrogen and oxygen atoms in total. The fourth-order valence-electron chi connectivity index (χ4n) is 1.36. The zero-order chi connectivity index (χ0) is 14.5. The first-order valence-corrected chi connectivity index (χ1v) is 8.65. The summed E-state index contributed by atoms with van der Waals surface area (Å²) in [5.41, 5.74) is 0. The molecule has 8 heteroatoms. The highest BCUT2D eigenvalue weighted by atomic mass is 79.9. The summed E-state index contributed by atoms with van der Waals surface area (Å²) in [5, 5.41) is 2.60. The van der Waals surface area contributed by atoms with Crippen LogP contribution in [0.5, 0.6) is 0 Å². The maximum atomic E-state index is 12.0. The normalized spacial score (nSPS) is 11.3. The molecule has 0 bridgehead atoms. The third kappa shape index (κ3) is 5.21. The lowest BCUT2D eigenvalue weighted by Crippen LogP contribution is -2.30. The maximum Gasteiger partial charge on any atom is 0.241 e. The lowest BCUT2D eigenvalue weighted by Gasteiger charge is -2.08. The smallest absolute Gasteiger partial charge is 0.241 e. The molecule has 1 amide bonds. The van der Waals surface area contributed by atoms with E-state index in [0.29, 0.717) is 11.0 Å². The number of rotatable bonds is 6. The van der Waals surface area contributed by atoms with Crippen molar-refractivity contribution in [2.45, 2.75) is 18.2 Å². The second kappa shape index (κ2) is 7.37. The van der Waals surface area contributed by atoms with Gasteiger partial charge in [-0.2, -0.15) is 0 Å². The summed E-state index contributed by atoms with van der Waals surface area (Å²) in [7, 11) is -3.62. The molecule has 0 radical (unpaired) electrons. The molecule has 1 rings (SSSR count). The number of amides is 1. The van der Waals surface area contributed by atoms with Gasteiger partial charge in [0.25, 0.3) is 0 Å². The summed E-state index contributed by atoms with van der Waals surface area (Å²) in [6.07, 6.45) is 0.112. The quantitative estimate of drug-likeness (QED) is 0.748. The van der Waals surface area contributed by atoms with Gasteiger partial charge >= 0.3 is 0 Å². The minimum absolute atomic E-state index is 0.0661. The molecule has 0 saturated heterocycles. The number of nitrogens with one attached hydrogen (secondary N) is 2. The van der Waals surface area contributed by atoms with Crippen LogP contribution >= 0.6 is 31.9 Å². The minimum atomic E-state index is -3.62. The van der Waals surface area contributed by atoms with Gasteiger partial charge in [-0.05, 0) is 41.1 Å². The molecule has 0 fully saturated rings. The number of sulfonamides is 1. The third-order valence-electron chi connectivity index (χ3n) is 2.20. The lowest BCUT2D eigenvalue weighted by molar-refractivity contribution is -0.120. The highest BCUT2D eigenvalue weighted by molar-refractivity contribution is 9.11. The molecule has 19 heavy (non-hydrogen) atoms. The van der Waals surface area contributed by atoms with Crippen molar-refractivity contribution >= 4 is 47.8 Å². The van der Waals surface area contributed by atoms with Crippen LogP contribution in [0.2, 0.25) is 0 Å². The number of hydrogen-bond acceptors (Lipinski definition) is 3. The van der Waals surface area contributed by atoms with Crippen LogP contribution in [-0.2, 0) is 14.8 Å². The predicted molar refractivity (Wildman–Crippen MR) is 80.3 cm³/mol. The summed E-state index contributed by atoms with van der Waals surface area (Å²) in [6, 6.07) is 4.78. The molecule has 1 aromatic rings. The Kier molecular flexibility index (Phi) is 6.45. The van der Waals surface area contributed by atoms with E-state index in [1.807, 2.05) is 0 Å². The fourth-order valence-corrected chi connectivity index (χ4v) is 4.13. The van der Waals surface area contributed by atoms with Crippen molar-refractivity contribution in [2.75, 3.05) is 13.1 Å². The zero-order valence-corrected chi connectivity index (χ0v) is 14.2. The highest BCUT2D eigenvalue weighted by Crippen LogP contribution is 2.25. The Balaban J connectivity index is 2.68. The minimum Gasteiger partial charge on any atom is -0.356 e. The molecule has 0 heterocycles. The maximum absolute atomic E-state index is 12.0. The van der Waals surface area contributed by atoms with Gasteiger partial charge in [0.15, 0.2) is 0 Å². The van der Waals surface area contributed by atoms with Crippen molar-refractivity contribution in [1.29, 1.82) is 0 Å². The second-order valence-electron chi connectivity index (χ2n) is 3.68. The van der Waals surface area contributed by atoms with Crippen LogP contribution in [0, 0.1) is 0 Å². The van der Waals surface area contributed by atoms with Crippen LogP contribution < -0.4 is 10.0 Å². The molecule has 1 aromatic carbocycles. The van der Waals surface area contributed by atoms with Crippen LogP contribution in [0.25, 0.3) is 0 Å². The molecule has 0 spiro atoms. The Morgan fingerprint density at radius 3 is 2.58 bits per heavy atom. The van der Waals surface area contributed by atoms with Gasteiger partial charge in [-0.3, -0.25) is 4.79 Å². The van der Waals surface area contributed by atoms with E-state index in [2.05, 4.69) is 41.9 Å². The van der Waals surface area contributed by atoms with Gasteiger partial charge in [0, 0.05) is 28.5 Å². The van der Waals surface area contributed by atoms with Gasteiger partial charge in [0.2, 0.25) is 15.9 Å². The van der Waals surface area contributed by atoms with Crippen molar-refractivity contribution in [1.82, 2.24) is 10.0 Å². The van der Waals surface area contributed by atoms with Gasteiger partial charge in [-0.15, -0.1) is 0 Å². The summed E-state index contributed by atoms with van der Waals surface area (Å²) < 4.78 is 27.7. The molecule has 0 aliphatic rings.